The molecule has 0 aromatic heterocycles. The second kappa shape index (κ2) is 9.07. The van der Waals surface area contributed by atoms with E-state index in [1.165, 1.54) is 0 Å². The Balaban J connectivity index is 1.43. The van der Waals surface area contributed by atoms with E-state index in [2.05, 4.69) is 5.32 Å². The SMILES string of the molecule is COc1ccc(OCC(=O)NCc2ccc(C(=O)N3CCCC3)cc2)cc1. The Labute approximate surface area is 159 Å². The lowest BCUT2D eigenvalue weighted by molar-refractivity contribution is -0.123. The van der Waals surface area contributed by atoms with Crippen LogP contribution in [0, 0.1) is 0 Å². The first-order valence-electron chi connectivity index (χ1n) is 9.07. The lowest BCUT2D eigenvalue weighted by Crippen LogP contribution is -2.29. The molecule has 0 spiro atoms. The van der Waals surface area contributed by atoms with Crippen LogP contribution in [0.5, 0.6) is 11.5 Å². The summed E-state index contributed by atoms with van der Waals surface area (Å²) in [5, 5.41) is 2.81. The molecule has 0 atom stereocenters. The van der Waals surface area contributed by atoms with Gasteiger partial charge in [-0.3, -0.25) is 9.59 Å². The molecule has 0 radical (unpaired) electrons. The summed E-state index contributed by atoms with van der Waals surface area (Å²) in [5.41, 5.74) is 1.63. The number of hydrogen-bond donors (Lipinski definition) is 1. The van der Waals surface area contributed by atoms with E-state index in [9.17, 15) is 9.59 Å². The fourth-order valence-electron chi connectivity index (χ4n) is 2.94. The first-order chi connectivity index (χ1) is 13.2. The first kappa shape index (κ1) is 18.8. The zero-order valence-electron chi connectivity index (χ0n) is 15.4. The summed E-state index contributed by atoms with van der Waals surface area (Å²) in [4.78, 5) is 26.1. The highest BCUT2D eigenvalue weighted by Gasteiger charge is 2.19. The zero-order valence-corrected chi connectivity index (χ0v) is 15.4. The molecule has 0 saturated carbocycles. The van der Waals surface area contributed by atoms with Crippen LogP contribution in [0.25, 0.3) is 0 Å². The van der Waals surface area contributed by atoms with Crippen molar-refractivity contribution in [2.24, 2.45) is 0 Å². The highest BCUT2D eigenvalue weighted by Crippen LogP contribution is 2.17. The van der Waals surface area contributed by atoms with E-state index in [4.69, 9.17) is 9.47 Å². The van der Waals surface area contributed by atoms with Crippen molar-refractivity contribution in [1.29, 1.82) is 0 Å². The van der Waals surface area contributed by atoms with Crippen molar-refractivity contribution in [2.75, 3.05) is 26.8 Å². The molecule has 1 aliphatic heterocycles. The molecule has 142 valence electrons. The van der Waals surface area contributed by atoms with Crippen LogP contribution in [-0.4, -0.2) is 43.5 Å². The van der Waals surface area contributed by atoms with E-state index >= 15 is 0 Å². The largest absolute Gasteiger partial charge is 0.497 e. The molecule has 6 nitrogen and oxygen atoms in total. The Morgan fingerprint density at radius 1 is 0.963 bits per heavy atom. The maximum Gasteiger partial charge on any atom is 0.258 e. The molecule has 1 fully saturated rings. The van der Waals surface area contributed by atoms with Gasteiger partial charge < -0.3 is 19.7 Å². The number of hydrogen-bond acceptors (Lipinski definition) is 4. The number of carbonyl (C=O) groups is 2. The molecule has 6 heteroatoms. The number of carbonyl (C=O) groups excluding carboxylic acids is 2. The Hall–Kier alpha value is -3.02. The van der Waals surface area contributed by atoms with Gasteiger partial charge in [0.05, 0.1) is 7.11 Å². The van der Waals surface area contributed by atoms with E-state index in [1.807, 2.05) is 29.2 Å². The Morgan fingerprint density at radius 2 is 1.59 bits per heavy atom. The molecular formula is C21H24N2O4. The lowest BCUT2D eigenvalue weighted by Gasteiger charge is -2.15. The summed E-state index contributed by atoms with van der Waals surface area (Å²) in [7, 11) is 1.60. The summed E-state index contributed by atoms with van der Waals surface area (Å²) in [6.45, 7) is 2.01. The van der Waals surface area contributed by atoms with Gasteiger partial charge in [-0.15, -0.1) is 0 Å². The number of ether oxygens (including phenoxy) is 2. The molecule has 3 rings (SSSR count). The van der Waals surface area contributed by atoms with E-state index < -0.39 is 0 Å². The highest BCUT2D eigenvalue weighted by atomic mass is 16.5. The standard InChI is InChI=1S/C21H24N2O4/c1-26-18-8-10-19(11-9-18)27-15-20(24)22-14-16-4-6-17(7-5-16)21(25)23-12-2-3-13-23/h4-11H,2-3,12-15H2,1H3,(H,22,24). The monoisotopic (exact) mass is 368 g/mol. The molecule has 2 aromatic carbocycles. The first-order valence-corrected chi connectivity index (χ1v) is 9.07. The quantitative estimate of drug-likeness (QED) is 0.816. The van der Waals surface area contributed by atoms with Crippen molar-refractivity contribution in [1.82, 2.24) is 10.2 Å². The third kappa shape index (κ3) is 5.23. The maximum atomic E-state index is 12.3. The third-order valence-electron chi connectivity index (χ3n) is 4.51. The Kier molecular flexibility index (Phi) is 6.30. The maximum absolute atomic E-state index is 12.3. The zero-order chi connectivity index (χ0) is 19.1. The smallest absolute Gasteiger partial charge is 0.258 e. The predicted molar refractivity (Wildman–Crippen MR) is 102 cm³/mol. The number of rotatable bonds is 7. The van der Waals surface area contributed by atoms with Gasteiger partial charge in [0.15, 0.2) is 6.61 Å². The minimum absolute atomic E-state index is 0.0577. The second-order valence-electron chi connectivity index (χ2n) is 6.44. The molecule has 2 amide bonds. The summed E-state index contributed by atoms with van der Waals surface area (Å²) >= 11 is 0. The minimum Gasteiger partial charge on any atom is -0.497 e. The van der Waals surface area contributed by atoms with E-state index in [0.717, 1.165) is 37.2 Å². The van der Waals surface area contributed by atoms with Crippen LogP contribution in [0.1, 0.15) is 28.8 Å². The van der Waals surface area contributed by atoms with Gasteiger partial charge in [0, 0.05) is 25.2 Å². The van der Waals surface area contributed by atoms with Crippen LogP contribution in [0.3, 0.4) is 0 Å². The van der Waals surface area contributed by atoms with Gasteiger partial charge in [0.1, 0.15) is 11.5 Å². The van der Waals surface area contributed by atoms with Crippen LogP contribution in [0.2, 0.25) is 0 Å². The van der Waals surface area contributed by atoms with Crippen molar-refractivity contribution in [3.8, 4) is 11.5 Å². The van der Waals surface area contributed by atoms with Crippen LogP contribution < -0.4 is 14.8 Å². The van der Waals surface area contributed by atoms with Crippen LogP contribution in [0.4, 0.5) is 0 Å². The van der Waals surface area contributed by atoms with Crippen LogP contribution >= 0.6 is 0 Å². The highest BCUT2D eigenvalue weighted by molar-refractivity contribution is 5.94. The van der Waals surface area contributed by atoms with Gasteiger partial charge >= 0.3 is 0 Å². The van der Waals surface area contributed by atoms with Gasteiger partial charge in [0.2, 0.25) is 0 Å². The summed E-state index contributed by atoms with van der Waals surface area (Å²) in [6, 6.07) is 14.4. The van der Waals surface area contributed by atoms with Gasteiger partial charge in [-0.2, -0.15) is 0 Å². The van der Waals surface area contributed by atoms with Gasteiger partial charge in [-0.1, -0.05) is 12.1 Å². The number of benzene rings is 2. The molecule has 1 N–H and O–H groups in total. The van der Waals surface area contributed by atoms with Crippen molar-refractivity contribution in [3.05, 3.63) is 59.7 Å². The number of methoxy groups -OCH3 is 1. The topological polar surface area (TPSA) is 67.9 Å². The normalized spacial score (nSPS) is 13.3. The van der Waals surface area contributed by atoms with E-state index in [-0.39, 0.29) is 18.4 Å². The lowest BCUT2D eigenvalue weighted by atomic mass is 10.1. The summed E-state index contributed by atoms with van der Waals surface area (Å²) < 4.78 is 10.5. The average molecular weight is 368 g/mol. The van der Waals surface area contributed by atoms with Crippen LogP contribution in [-0.2, 0) is 11.3 Å². The molecular weight excluding hydrogens is 344 g/mol. The number of nitrogens with one attached hydrogen (secondary N) is 1. The molecule has 1 heterocycles. The van der Waals surface area contributed by atoms with Crippen molar-refractivity contribution in [3.63, 3.8) is 0 Å². The summed E-state index contributed by atoms with van der Waals surface area (Å²) in [5.74, 6) is 1.22. The minimum atomic E-state index is -0.206. The number of amides is 2. The Bertz CT molecular complexity index is 766. The van der Waals surface area contributed by atoms with E-state index in [1.54, 1.807) is 31.4 Å². The molecule has 1 saturated heterocycles. The third-order valence-corrected chi connectivity index (χ3v) is 4.51. The molecule has 0 unspecified atom stereocenters. The number of likely N-dealkylation sites (tertiary alicyclic amines) is 1. The van der Waals surface area contributed by atoms with Crippen LogP contribution in [0.15, 0.2) is 48.5 Å². The molecule has 1 aliphatic rings. The summed E-state index contributed by atoms with van der Waals surface area (Å²) in [6.07, 6.45) is 2.16. The second-order valence-corrected chi connectivity index (χ2v) is 6.44. The number of nitrogens with zero attached hydrogens (tertiary/aromatic N) is 1. The van der Waals surface area contributed by atoms with Gasteiger partial charge in [-0.25, -0.2) is 0 Å². The van der Waals surface area contributed by atoms with Crippen molar-refractivity contribution in [2.45, 2.75) is 19.4 Å². The molecule has 0 aliphatic carbocycles. The van der Waals surface area contributed by atoms with Crippen molar-refractivity contribution < 1.29 is 19.1 Å². The molecule has 0 bridgehead atoms. The molecule has 2 aromatic rings. The molecule has 27 heavy (non-hydrogen) atoms. The van der Waals surface area contributed by atoms with E-state index in [0.29, 0.717) is 17.9 Å². The van der Waals surface area contributed by atoms with Gasteiger partial charge in [0.25, 0.3) is 11.8 Å². The van der Waals surface area contributed by atoms with Gasteiger partial charge in [-0.05, 0) is 54.8 Å². The van der Waals surface area contributed by atoms with Crippen molar-refractivity contribution >= 4 is 11.8 Å². The average Bonchev–Trinajstić information content (AvgIpc) is 3.26. The fraction of sp³-hybridized carbons (Fsp3) is 0.333. The Morgan fingerprint density at radius 3 is 2.22 bits per heavy atom. The fourth-order valence-corrected chi connectivity index (χ4v) is 2.94. The predicted octanol–water partition coefficient (Wildman–Crippen LogP) is 2.63.